The third kappa shape index (κ3) is 4.69. The van der Waals surface area contributed by atoms with Gasteiger partial charge in [-0.15, -0.1) is 0 Å². The summed E-state index contributed by atoms with van der Waals surface area (Å²) in [7, 11) is 1.82. The van der Waals surface area contributed by atoms with E-state index in [1.165, 1.54) is 6.33 Å². The molecule has 2 amide bonds. The van der Waals surface area contributed by atoms with E-state index in [4.69, 9.17) is 0 Å². The molecule has 0 spiro atoms. The van der Waals surface area contributed by atoms with Crippen molar-refractivity contribution in [2.45, 2.75) is 33.2 Å². The molecule has 27 heavy (non-hydrogen) atoms. The smallest absolute Gasteiger partial charge is 0.319 e. The maximum Gasteiger partial charge on any atom is 0.319 e. The van der Waals surface area contributed by atoms with Crippen molar-refractivity contribution in [3.63, 3.8) is 0 Å². The summed E-state index contributed by atoms with van der Waals surface area (Å²) < 4.78 is 1.68. The second-order valence-corrected chi connectivity index (χ2v) is 6.85. The number of aromatic nitrogens is 6. The number of anilines is 1. The zero-order valence-corrected chi connectivity index (χ0v) is 15.9. The zero-order chi connectivity index (χ0) is 19.4. The van der Waals surface area contributed by atoms with Crippen LogP contribution in [0.3, 0.4) is 0 Å². The molecule has 0 saturated heterocycles. The van der Waals surface area contributed by atoms with Gasteiger partial charge < -0.3 is 10.6 Å². The lowest BCUT2D eigenvalue weighted by Crippen LogP contribution is -2.34. The van der Waals surface area contributed by atoms with E-state index in [1.807, 2.05) is 38.2 Å². The Hall–Kier alpha value is -3.23. The van der Waals surface area contributed by atoms with Crippen LogP contribution in [0.15, 0.2) is 30.6 Å². The summed E-state index contributed by atoms with van der Waals surface area (Å²) in [6.45, 7) is 6.05. The van der Waals surface area contributed by atoms with E-state index >= 15 is 0 Å². The van der Waals surface area contributed by atoms with Gasteiger partial charge in [0.15, 0.2) is 5.82 Å². The summed E-state index contributed by atoms with van der Waals surface area (Å²) in [5, 5.41) is 16.9. The standard InChI is InChI=1S/C18H24N8O/c1-11(2)8-15(17-19-10-20-26(17)4)23-18(27)22-14-7-5-6-13(9-14)16-21-12(3)24-25-16/h5-7,9-11,15H,8H2,1-4H3,(H,21,24,25)(H2,22,23,27). The molecule has 0 fully saturated rings. The van der Waals surface area contributed by atoms with Gasteiger partial charge >= 0.3 is 6.03 Å². The van der Waals surface area contributed by atoms with Gasteiger partial charge in [-0.25, -0.2) is 14.8 Å². The van der Waals surface area contributed by atoms with Gasteiger partial charge in [0, 0.05) is 18.3 Å². The summed E-state index contributed by atoms with van der Waals surface area (Å²) in [4.78, 5) is 21.1. The Kier molecular flexibility index (Phi) is 5.49. The first kappa shape index (κ1) is 18.6. The van der Waals surface area contributed by atoms with E-state index in [2.05, 4.69) is 49.7 Å². The number of carbonyl (C=O) groups excluding carboxylic acids is 1. The Morgan fingerprint density at radius 1 is 1.33 bits per heavy atom. The largest absolute Gasteiger partial charge is 0.328 e. The lowest BCUT2D eigenvalue weighted by molar-refractivity contribution is 0.245. The van der Waals surface area contributed by atoms with Crippen LogP contribution in [0.5, 0.6) is 0 Å². The zero-order valence-electron chi connectivity index (χ0n) is 15.9. The molecule has 0 aliphatic carbocycles. The van der Waals surface area contributed by atoms with Crippen molar-refractivity contribution in [3.8, 4) is 11.4 Å². The third-order valence-corrected chi connectivity index (χ3v) is 4.05. The van der Waals surface area contributed by atoms with Gasteiger partial charge in [-0.3, -0.25) is 9.78 Å². The molecule has 2 heterocycles. The van der Waals surface area contributed by atoms with Crippen LogP contribution in [-0.4, -0.2) is 36.0 Å². The SMILES string of the molecule is Cc1nc(-c2cccc(NC(=O)NC(CC(C)C)c3ncnn3C)c2)n[nH]1. The van der Waals surface area contributed by atoms with Gasteiger partial charge in [0.05, 0.1) is 6.04 Å². The molecule has 9 nitrogen and oxygen atoms in total. The summed E-state index contributed by atoms with van der Waals surface area (Å²) in [6, 6.07) is 6.88. The van der Waals surface area contributed by atoms with Gasteiger partial charge in [0.25, 0.3) is 0 Å². The molecule has 3 N–H and O–H groups in total. The number of H-pyrrole nitrogens is 1. The Morgan fingerprint density at radius 3 is 2.78 bits per heavy atom. The highest BCUT2D eigenvalue weighted by atomic mass is 16.2. The molecule has 0 saturated carbocycles. The molecule has 1 unspecified atom stereocenters. The predicted molar refractivity (Wildman–Crippen MR) is 102 cm³/mol. The average molecular weight is 368 g/mol. The van der Waals surface area contributed by atoms with Crippen LogP contribution < -0.4 is 10.6 Å². The van der Waals surface area contributed by atoms with E-state index in [9.17, 15) is 4.79 Å². The van der Waals surface area contributed by atoms with Crippen LogP contribution >= 0.6 is 0 Å². The van der Waals surface area contributed by atoms with Crippen molar-refractivity contribution in [2.24, 2.45) is 13.0 Å². The highest BCUT2D eigenvalue weighted by Gasteiger charge is 2.20. The van der Waals surface area contributed by atoms with Gasteiger partial charge in [-0.1, -0.05) is 26.0 Å². The third-order valence-electron chi connectivity index (χ3n) is 4.05. The lowest BCUT2D eigenvalue weighted by Gasteiger charge is -2.20. The maximum atomic E-state index is 12.5. The second kappa shape index (κ2) is 7.98. The predicted octanol–water partition coefficient (Wildman–Crippen LogP) is 2.82. The number of amides is 2. The summed E-state index contributed by atoms with van der Waals surface area (Å²) in [5.41, 5.74) is 1.48. The minimum Gasteiger partial charge on any atom is -0.328 e. The van der Waals surface area contributed by atoms with E-state index in [0.29, 0.717) is 17.4 Å². The fraction of sp³-hybridized carbons (Fsp3) is 0.389. The van der Waals surface area contributed by atoms with Crippen LogP contribution in [-0.2, 0) is 7.05 Å². The van der Waals surface area contributed by atoms with Crippen molar-refractivity contribution in [1.82, 2.24) is 35.3 Å². The first-order valence-corrected chi connectivity index (χ1v) is 8.83. The molecule has 9 heteroatoms. The van der Waals surface area contributed by atoms with Crippen molar-refractivity contribution < 1.29 is 4.79 Å². The molecular weight excluding hydrogens is 344 g/mol. The Labute approximate surface area is 157 Å². The number of nitrogens with one attached hydrogen (secondary N) is 3. The number of nitrogens with zero attached hydrogens (tertiary/aromatic N) is 5. The molecule has 3 rings (SSSR count). The second-order valence-electron chi connectivity index (χ2n) is 6.85. The summed E-state index contributed by atoms with van der Waals surface area (Å²) >= 11 is 0. The minimum atomic E-state index is -0.299. The van der Waals surface area contributed by atoms with Crippen LogP contribution in [0.25, 0.3) is 11.4 Å². The van der Waals surface area contributed by atoms with Crippen molar-refractivity contribution >= 4 is 11.7 Å². The Bertz CT molecular complexity index is 913. The van der Waals surface area contributed by atoms with Gasteiger partial charge in [0.2, 0.25) is 0 Å². The molecule has 0 aliphatic rings. The molecule has 0 aliphatic heterocycles. The molecule has 0 bridgehead atoms. The van der Waals surface area contributed by atoms with E-state index in [0.717, 1.165) is 23.6 Å². The number of aryl methyl sites for hydroxylation is 2. The number of hydrogen-bond acceptors (Lipinski definition) is 5. The number of benzene rings is 1. The molecule has 1 aromatic carbocycles. The number of rotatable bonds is 6. The minimum absolute atomic E-state index is 0.226. The summed E-state index contributed by atoms with van der Waals surface area (Å²) in [6.07, 6.45) is 2.25. The molecular formula is C18H24N8O. The summed E-state index contributed by atoms with van der Waals surface area (Å²) in [5.74, 6) is 2.45. The molecule has 142 valence electrons. The highest BCUT2D eigenvalue weighted by molar-refractivity contribution is 5.90. The number of carbonyl (C=O) groups is 1. The van der Waals surface area contributed by atoms with Crippen LogP contribution in [0.2, 0.25) is 0 Å². The normalized spacial score (nSPS) is 12.2. The molecule has 1 atom stereocenters. The number of urea groups is 1. The molecule has 3 aromatic rings. The topological polar surface area (TPSA) is 113 Å². The van der Waals surface area contributed by atoms with Crippen molar-refractivity contribution in [3.05, 3.63) is 42.2 Å². The maximum absolute atomic E-state index is 12.5. The van der Waals surface area contributed by atoms with Crippen molar-refractivity contribution in [1.29, 1.82) is 0 Å². The van der Waals surface area contributed by atoms with Gasteiger partial charge in [-0.2, -0.15) is 10.2 Å². The average Bonchev–Trinajstić information content (AvgIpc) is 3.22. The first-order valence-electron chi connectivity index (χ1n) is 8.83. The van der Waals surface area contributed by atoms with E-state index in [-0.39, 0.29) is 12.1 Å². The first-order chi connectivity index (χ1) is 12.9. The number of hydrogen-bond donors (Lipinski definition) is 3. The van der Waals surface area contributed by atoms with Gasteiger partial charge in [0.1, 0.15) is 18.0 Å². The molecule has 0 radical (unpaired) electrons. The van der Waals surface area contributed by atoms with E-state index < -0.39 is 0 Å². The lowest BCUT2D eigenvalue weighted by atomic mass is 10.0. The number of aromatic amines is 1. The van der Waals surface area contributed by atoms with Crippen LogP contribution in [0.4, 0.5) is 10.5 Å². The van der Waals surface area contributed by atoms with Gasteiger partial charge in [-0.05, 0) is 31.4 Å². The van der Waals surface area contributed by atoms with E-state index in [1.54, 1.807) is 4.68 Å². The van der Waals surface area contributed by atoms with Crippen molar-refractivity contribution in [2.75, 3.05) is 5.32 Å². The van der Waals surface area contributed by atoms with Crippen LogP contribution in [0.1, 0.15) is 38.0 Å². The quantitative estimate of drug-likeness (QED) is 0.619. The fourth-order valence-electron chi connectivity index (χ4n) is 2.85. The fourth-order valence-corrected chi connectivity index (χ4v) is 2.85. The van der Waals surface area contributed by atoms with Crippen LogP contribution in [0, 0.1) is 12.8 Å². The Morgan fingerprint density at radius 2 is 2.15 bits per heavy atom. The monoisotopic (exact) mass is 368 g/mol. The Balaban J connectivity index is 1.71. The molecule has 2 aromatic heterocycles. The highest BCUT2D eigenvalue weighted by Crippen LogP contribution is 2.21.